The first-order valence-electron chi connectivity index (χ1n) is 10.3. The van der Waals surface area contributed by atoms with Crippen LogP contribution in [0.1, 0.15) is 43.6 Å². The molecule has 1 aliphatic rings. The number of benzene rings is 2. The van der Waals surface area contributed by atoms with Crippen molar-refractivity contribution in [3.63, 3.8) is 0 Å². The Morgan fingerprint density at radius 1 is 1.10 bits per heavy atom. The van der Waals surface area contributed by atoms with E-state index in [2.05, 4.69) is 24.0 Å². The summed E-state index contributed by atoms with van der Waals surface area (Å²) in [5.41, 5.74) is 2.70. The Morgan fingerprint density at radius 3 is 2.68 bits per heavy atom. The van der Waals surface area contributed by atoms with Crippen LogP contribution < -0.4 is 0 Å². The van der Waals surface area contributed by atoms with Crippen LogP contribution in [0.2, 0.25) is 0 Å². The van der Waals surface area contributed by atoms with Crippen molar-refractivity contribution in [1.82, 2.24) is 24.6 Å². The highest BCUT2D eigenvalue weighted by Crippen LogP contribution is 2.30. The fraction of sp³-hybridized carbons (Fsp3) is 0.261. The highest BCUT2D eigenvalue weighted by molar-refractivity contribution is 7.99. The predicted octanol–water partition coefficient (Wildman–Crippen LogP) is 4.45. The SMILES string of the molecule is CC(C)c1nc2c3ccccc3nc(SCC(=O)N3N=CC[C@H]3c3ccccc3)n2n1. The van der Waals surface area contributed by atoms with E-state index in [9.17, 15) is 4.79 Å². The first-order valence-corrected chi connectivity index (χ1v) is 11.3. The molecule has 1 atom stereocenters. The number of hydrogen-bond acceptors (Lipinski definition) is 6. The van der Waals surface area contributed by atoms with Crippen molar-refractivity contribution in [3.05, 3.63) is 66.0 Å². The summed E-state index contributed by atoms with van der Waals surface area (Å²) in [7, 11) is 0. The smallest absolute Gasteiger partial charge is 0.253 e. The molecule has 0 fully saturated rings. The van der Waals surface area contributed by atoms with Crippen LogP contribution in [0, 0.1) is 0 Å². The van der Waals surface area contributed by atoms with E-state index in [4.69, 9.17) is 9.97 Å². The maximum absolute atomic E-state index is 13.0. The van der Waals surface area contributed by atoms with Gasteiger partial charge >= 0.3 is 0 Å². The highest BCUT2D eigenvalue weighted by atomic mass is 32.2. The Labute approximate surface area is 184 Å². The van der Waals surface area contributed by atoms with E-state index in [1.165, 1.54) is 11.8 Å². The standard InChI is InChI=1S/C23H22N6OS/c1-15(2)21-26-22-17-10-6-7-11-18(17)25-23(29(22)27-21)31-14-20(30)28-19(12-13-24-28)16-8-4-3-5-9-16/h3-11,13,15,19H,12,14H2,1-2H3/t19-/m0/s1. The van der Waals surface area contributed by atoms with E-state index in [1.54, 1.807) is 15.7 Å². The molecule has 5 rings (SSSR count). The van der Waals surface area contributed by atoms with Crippen molar-refractivity contribution >= 4 is 40.4 Å². The molecule has 2 aromatic heterocycles. The van der Waals surface area contributed by atoms with E-state index in [0.29, 0.717) is 5.16 Å². The van der Waals surface area contributed by atoms with Crippen molar-refractivity contribution < 1.29 is 4.79 Å². The molecule has 0 aliphatic carbocycles. The second kappa shape index (κ2) is 8.11. The third-order valence-electron chi connectivity index (χ3n) is 5.28. The predicted molar refractivity (Wildman–Crippen MR) is 122 cm³/mol. The summed E-state index contributed by atoms with van der Waals surface area (Å²) in [5.74, 6) is 1.13. The van der Waals surface area contributed by atoms with Crippen LogP contribution in [0.5, 0.6) is 0 Å². The number of rotatable bonds is 5. The van der Waals surface area contributed by atoms with Gasteiger partial charge < -0.3 is 0 Å². The van der Waals surface area contributed by atoms with Crippen LogP contribution >= 0.6 is 11.8 Å². The monoisotopic (exact) mass is 430 g/mol. The number of aromatic nitrogens is 4. The molecule has 7 nitrogen and oxygen atoms in total. The average Bonchev–Trinajstić information content (AvgIpc) is 3.46. The summed E-state index contributed by atoms with van der Waals surface area (Å²) in [5, 5.41) is 12.2. The molecule has 0 spiro atoms. The zero-order chi connectivity index (χ0) is 21.4. The van der Waals surface area contributed by atoms with Crippen LogP contribution in [0.3, 0.4) is 0 Å². The fourth-order valence-corrected chi connectivity index (χ4v) is 4.48. The van der Waals surface area contributed by atoms with E-state index in [0.717, 1.165) is 34.4 Å². The molecular weight excluding hydrogens is 408 g/mol. The molecule has 156 valence electrons. The largest absolute Gasteiger partial charge is 0.272 e. The molecule has 8 heteroatoms. The quantitative estimate of drug-likeness (QED) is 0.345. The van der Waals surface area contributed by atoms with Gasteiger partial charge in [-0.15, -0.1) is 5.10 Å². The lowest BCUT2D eigenvalue weighted by Crippen LogP contribution is -2.28. The van der Waals surface area contributed by atoms with Crippen molar-refractivity contribution in [2.45, 2.75) is 37.4 Å². The van der Waals surface area contributed by atoms with Crippen LogP contribution in [0.25, 0.3) is 16.6 Å². The maximum Gasteiger partial charge on any atom is 0.253 e. The van der Waals surface area contributed by atoms with E-state index in [-0.39, 0.29) is 23.6 Å². The zero-order valence-electron chi connectivity index (χ0n) is 17.3. The van der Waals surface area contributed by atoms with Gasteiger partial charge in [0, 0.05) is 23.9 Å². The summed E-state index contributed by atoms with van der Waals surface area (Å²) < 4.78 is 1.76. The highest BCUT2D eigenvalue weighted by Gasteiger charge is 2.28. The van der Waals surface area contributed by atoms with Crippen LogP contribution in [-0.4, -0.2) is 42.5 Å². The lowest BCUT2D eigenvalue weighted by molar-refractivity contribution is -0.130. The normalized spacial score (nSPS) is 16.1. The fourth-order valence-electron chi connectivity index (χ4n) is 3.68. The molecule has 0 saturated carbocycles. The molecule has 3 heterocycles. The van der Waals surface area contributed by atoms with Gasteiger partial charge in [-0.05, 0) is 17.7 Å². The van der Waals surface area contributed by atoms with Gasteiger partial charge in [0.2, 0.25) is 0 Å². The second-order valence-corrected chi connectivity index (χ2v) is 8.70. The van der Waals surface area contributed by atoms with Gasteiger partial charge in [0.05, 0.1) is 17.3 Å². The minimum atomic E-state index is -0.0576. The number of hydrogen-bond donors (Lipinski definition) is 0. The third kappa shape index (κ3) is 3.67. The zero-order valence-corrected chi connectivity index (χ0v) is 18.2. The molecular formula is C23H22N6OS. The second-order valence-electron chi connectivity index (χ2n) is 7.76. The molecule has 1 amide bonds. The molecule has 4 aromatic rings. The number of para-hydroxylation sites is 1. The Kier molecular flexibility index (Phi) is 5.15. The topological polar surface area (TPSA) is 75.8 Å². The van der Waals surface area contributed by atoms with E-state index in [1.807, 2.05) is 54.6 Å². The molecule has 2 aromatic carbocycles. The van der Waals surface area contributed by atoms with E-state index < -0.39 is 0 Å². The lowest BCUT2D eigenvalue weighted by Gasteiger charge is -2.22. The first kappa shape index (κ1) is 19.7. The number of fused-ring (bicyclic) bond motifs is 3. The summed E-state index contributed by atoms with van der Waals surface area (Å²) >= 11 is 1.37. The van der Waals surface area contributed by atoms with Gasteiger partial charge in [-0.2, -0.15) is 9.62 Å². The Bertz CT molecular complexity index is 1280. The average molecular weight is 431 g/mol. The lowest BCUT2D eigenvalue weighted by atomic mass is 10.0. The summed E-state index contributed by atoms with van der Waals surface area (Å²) in [6.45, 7) is 4.13. The van der Waals surface area contributed by atoms with Crippen molar-refractivity contribution in [1.29, 1.82) is 0 Å². The maximum atomic E-state index is 13.0. The van der Waals surface area contributed by atoms with Crippen molar-refractivity contribution in [2.75, 3.05) is 5.75 Å². The molecule has 0 N–H and O–H groups in total. The van der Waals surface area contributed by atoms with Crippen LogP contribution in [-0.2, 0) is 4.79 Å². The van der Waals surface area contributed by atoms with Gasteiger partial charge in [-0.25, -0.2) is 15.0 Å². The van der Waals surface area contributed by atoms with Gasteiger partial charge in [-0.3, -0.25) is 4.79 Å². The van der Waals surface area contributed by atoms with Gasteiger partial charge in [0.15, 0.2) is 16.6 Å². The third-order valence-corrected chi connectivity index (χ3v) is 6.19. The number of thioether (sulfide) groups is 1. The Hall–Kier alpha value is -3.26. The number of carbonyl (C=O) groups excluding carboxylic acids is 1. The van der Waals surface area contributed by atoms with Crippen LogP contribution in [0.15, 0.2) is 64.9 Å². The Balaban J connectivity index is 1.43. The summed E-state index contributed by atoms with van der Waals surface area (Å²) in [6, 6.07) is 17.8. The molecule has 1 aliphatic heterocycles. The minimum absolute atomic E-state index is 0.0556. The number of carbonyl (C=O) groups is 1. The Morgan fingerprint density at radius 2 is 1.87 bits per heavy atom. The van der Waals surface area contributed by atoms with Crippen LogP contribution in [0.4, 0.5) is 0 Å². The van der Waals surface area contributed by atoms with Crippen molar-refractivity contribution in [2.24, 2.45) is 5.10 Å². The molecule has 0 unspecified atom stereocenters. The molecule has 0 radical (unpaired) electrons. The van der Waals surface area contributed by atoms with Crippen molar-refractivity contribution in [3.8, 4) is 0 Å². The minimum Gasteiger partial charge on any atom is -0.272 e. The first-order chi connectivity index (χ1) is 15.1. The van der Waals surface area contributed by atoms with E-state index >= 15 is 0 Å². The number of nitrogens with zero attached hydrogens (tertiary/aromatic N) is 6. The summed E-state index contributed by atoms with van der Waals surface area (Å²) in [4.78, 5) is 22.5. The van der Waals surface area contributed by atoms with Gasteiger partial charge in [0.1, 0.15) is 0 Å². The molecule has 0 saturated heterocycles. The summed E-state index contributed by atoms with van der Waals surface area (Å²) in [6.07, 6.45) is 2.53. The van der Waals surface area contributed by atoms with Gasteiger partial charge in [0.25, 0.3) is 5.91 Å². The number of amides is 1. The molecule has 31 heavy (non-hydrogen) atoms. The number of hydrazone groups is 1. The molecule has 0 bridgehead atoms. The van der Waals surface area contributed by atoms with Gasteiger partial charge in [-0.1, -0.05) is 68.1 Å².